The van der Waals surface area contributed by atoms with Gasteiger partial charge in [0.05, 0.1) is 19.8 Å². The van der Waals surface area contributed by atoms with Gasteiger partial charge in [0.2, 0.25) is 0 Å². The molecule has 0 radical (unpaired) electrons. The maximum absolute atomic E-state index is 13.5. The number of hydrogen-bond donors (Lipinski definition) is 1. The Balaban J connectivity index is 1.85. The molecule has 1 N–H and O–H groups in total. The topological polar surface area (TPSA) is 65.0 Å². The first-order valence-electron chi connectivity index (χ1n) is 23.7. The minimum absolute atomic E-state index is 0.103. The quantitative estimate of drug-likeness (QED) is 0.0416. The fraction of sp³-hybridized carbons (Fsp3) is 0.706. The fourth-order valence-electron chi connectivity index (χ4n) is 7.28. The van der Waals surface area contributed by atoms with E-state index < -0.39 is 0 Å². The third-order valence-corrected chi connectivity index (χ3v) is 10.9. The molecule has 0 saturated carbocycles. The first-order chi connectivity index (χ1) is 27.6. The summed E-state index contributed by atoms with van der Waals surface area (Å²) in [5, 5.41) is 11.1. The van der Waals surface area contributed by atoms with E-state index in [1.54, 1.807) is 18.2 Å². The molecular formula is C51H84O5. The van der Waals surface area contributed by atoms with Crippen molar-refractivity contribution in [2.75, 3.05) is 19.8 Å². The van der Waals surface area contributed by atoms with Crippen LogP contribution in [0.2, 0.25) is 0 Å². The van der Waals surface area contributed by atoms with Gasteiger partial charge in [-0.05, 0) is 43.0 Å². The van der Waals surface area contributed by atoms with Crippen LogP contribution in [0, 0.1) is 0 Å². The SMILES string of the molecule is CCCCCCCCCCCCOc1ccc(/C=C/C(=O)c2c(O)cc(OCCCCCCCCCCCC)cc2OCCCCCCCCCCCC)cc1. The van der Waals surface area contributed by atoms with E-state index in [0.29, 0.717) is 24.7 Å². The Kier molecular flexibility index (Phi) is 31.0. The van der Waals surface area contributed by atoms with Crippen LogP contribution in [0.3, 0.4) is 0 Å². The molecule has 56 heavy (non-hydrogen) atoms. The number of unbranched alkanes of at least 4 members (excludes halogenated alkanes) is 27. The molecule has 0 spiro atoms. The Bertz CT molecular complexity index is 1240. The van der Waals surface area contributed by atoms with Gasteiger partial charge in [-0.25, -0.2) is 0 Å². The summed E-state index contributed by atoms with van der Waals surface area (Å²) in [6.45, 7) is 8.60. The van der Waals surface area contributed by atoms with E-state index in [2.05, 4.69) is 20.8 Å². The Labute approximate surface area is 344 Å². The number of carbonyl (C=O) groups excluding carboxylic acids is 1. The zero-order valence-electron chi connectivity index (χ0n) is 36.5. The minimum atomic E-state index is -0.289. The summed E-state index contributed by atoms with van der Waals surface area (Å²) in [5.74, 6) is 1.39. The lowest BCUT2D eigenvalue weighted by atomic mass is 10.1. The van der Waals surface area contributed by atoms with Crippen LogP contribution in [0.4, 0.5) is 0 Å². The largest absolute Gasteiger partial charge is 0.507 e. The van der Waals surface area contributed by atoms with Gasteiger partial charge in [-0.1, -0.05) is 212 Å². The van der Waals surface area contributed by atoms with Gasteiger partial charge in [0.25, 0.3) is 0 Å². The van der Waals surface area contributed by atoms with Crippen LogP contribution in [0.1, 0.15) is 229 Å². The summed E-state index contributed by atoms with van der Waals surface area (Å²) >= 11 is 0. The summed E-state index contributed by atoms with van der Waals surface area (Å²) in [6.07, 6.45) is 41.5. The number of aromatic hydroxyl groups is 1. The average molecular weight is 777 g/mol. The minimum Gasteiger partial charge on any atom is -0.507 e. The number of ether oxygens (including phenoxy) is 3. The lowest BCUT2D eigenvalue weighted by molar-refractivity contribution is 0.104. The van der Waals surface area contributed by atoms with Gasteiger partial charge >= 0.3 is 0 Å². The lowest BCUT2D eigenvalue weighted by Crippen LogP contribution is -2.06. The standard InChI is InChI=1S/C51H84O5/c1-4-7-10-13-16-19-22-25-28-31-40-54-46-37-34-45(35-38-46)36-39-48(52)51-49(53)43-47(55-41-32-29-26-23-20-17-14-11-8-5-2)44-50(51)56-42-33-30-27-24-21-18-15-12-9-6-3/h34-39,43-44,53H,4-33,40-42H2,1-3H3/b39-36+. The molecule has 5 heteroatoms. The van der Waals surface area contributed by atoms with Crippen molar-refractivity contribution in [2.45, 2.75) is 213 Å². The zero-order valence-corrected chi connectivity index (χ0v) is 36.5. The molecule has 2 aromatic carbocycles. The van der Waals surface area contributed by atoms with Crippen LogP contribution in [-0.4, -0.2) is 30.7 Å². The average Bonchev–Trinajstić information content (AvgIpc) is 3.20. The predicted octanol–water partition coefficient (Wildman–Crippen LogP) is 16.2. The van der Waals surface area contributed by atoms with Gasteiger partial charge in [-0.2, -0.15) is 0 Å². The molecule has 2 rings (SSSR count). The number of hydrogen-bond acceptors (Lipinski definition) is 5. The normalized spacial score (nSPS) is 11.4. The summed E-state index contributed by atoms with van der Waals surface area (Å²) < 4.78 is 18.3. The van der Waals surface area contributed by atoms with Crippen molar-refractivity contribution < 1.29 is 24.1 Å². The van der Waals surface area contributed by atoms with Crippen molar-refractivity contribution in [2.24, 2.45) is 0 Å². The second-order valence-electron chi connectivity index (χ2n) is 16.2. The molecule has 0 aliphatic carbocycles. The van der Waals surface area contributed by atoms with Gasteiger partial charge in [0.1, 0.15) is 28.6 Å². The maximum atomic E-state index is 13.5. The highest BCUT2D eigenvalue weighted by molar-refractivity contribution is 6.10. The van der Waals surface area contributed by atoms with Crippen molar-refractivity contribution in [3.8, 4) is 23.0 Å². The van der Waals surface area contributed by atoms with Crippen LogP contribution >= 0.6 is 0 Å². The number of benzene rings is 2. The Morgan fingerprint density at radius 2 is 0.821 bits per heavy atom. The van der Waals surface area contributed by atoms with Crippen molar-refractivity contribution in [1.82, 2.24) is 0 Å². The number of ketones is 1. The monoisotopic (exact) mass is 777 g/mol. The van der Waals surface area contributed by atoms with E-state index in [0.717, 1.165) is 50.0 Å². The first kappa shape index (κ1) is 49.2. The molecule has 0 aromatic heterocycles. The Hall–Kier alpha value is -2.95. The molecule has 0 bridgehead atoms. The number of rotatable bonds is 39. The van der Waals surface area contributed by atoms with Crippen LogP contribution in [0.25, 0.3) is 6.08 Å². The van der Waals surface area contributed by atoms with Gasteiger partial charge < -0.3 is 19.3 Å². The highest BCUT2D eigenvalue weighted by atomic mass is 16.5. The molecule has 0 heterocycles. The molecule has 0 amide bonds. The third-order valence-electron chi connectivity index (χ3n) is 10.9. The highest BCUT2D eigenvalue weighted by Crippen LogP contribution is 2.35. The Morgan fingerprint density at radius 3 is 1.23 bits per heavy atom. The van der Waals surface area contributed by atoms with E-state index in [1.165, 1.54) is 167 Å². The van der Waals surface area contributed by atoms with Gasteiger partial charge in [-0.15, -0.1) is 0 Å². The van der Waals surface area contributed by atoms with Crippen molar-refractivity contribution in [3.63, 3.8) is 0 Å². The van der Waals surface area contributed by atoms with Crippen molar-refractivity contribution >= 4 is 11.9 Å². The molecular weight excluding hydrogens is 693 g/mol. The maximum Gasteiger partial charge on any atom is 0.193 e. The van der Waals surface area contributed by atoms with Crippen LogP contribution in [0.15, 0.2) is 42.5 Å². The zero-order chi connectivity index (χ0) is 40.2. The van der Waals surface area contributed by atoms with Gasteiger partial charge in [-0.3, -0.25) is 4.79 Å². The van der Waals surface area contributed by atoms with Crippen molar-refractivity contribution in [1.29, 1.82) is 0 Å². The lowest BCUT2D eigenvalue weighted by Gasteiger charge is -2.14. The first-order valence-corrected chi connectivity index (χ1v) is 23.7. The molecule has 0 unspecified atom stereocenters. The van der Waals surface area contributed by atoms with Crippen LogP contribution in [0.5, 0.6) is 23.0 Å². The van der Waals surface area contributed by atoms with Gasteiger partial charge in [0.15, 0.2) is 5.78 Å². The second kappa shape index (κ2) is 35.2. The van der Waals surface area contributed by atoms with Crippen molar-refractivity contribution in [3.05, 3.63) is 53.6 Å². The highest BCUT2D eigenvalue weighted by Gasteiger charge is 2.18. The predicted molar refractivity (Wildman–Crippen MR) is 240 cm³/mol. The third kappa shape index (κ3) is 25.3. The number of phenols is 1. The smallest absolute Gasteiger partial charge is 0.193 e. The summed E-state index contributed by atoms with van der Waals surface area (Å²) in [7, 11) is 0. The van der Waals surface area contributed by atoms with E-state index in [4.69, 9.17) is 14.2 Å². The van der Waals surface area contributed by atoms with Crippen LogP contribution < -0.4 is 14.2 Å². The molecule has 2 aromatic rings. The van der Waals surface area contributed by atoms with E-state index in [-0.39, 0.29) is 17.1 Å². The van der Waals surface area contributed by atoms with E-state index in [9.17, 15) is 9.90 Å². The number of phenolic OH excluding ortho intramolecular Hbond substituents is 1. The molecule has 0 atom stereocenters. The van der Waals surface area contributed by atoms with Gasteiger partial charge in [0, 0.05) is 12.1 Å². The number of allylic oxidation sites excluding steroid dienone is 1. The second-order valence-corrected chi connectivity index (χ2v) is 16.2. The van der Waals surface area contributed by atoms with Crippen LogP contribution in [-0.2, 0) is 0 Å². The van der Waals surface area contributed by atoms with E-state index >= 15 is 0 Å². The summed E-state index contributed by atoms with van der Waals surface area (Å²) in [6, 6.07) is 11.2. The summed E-state index contributed by atoms with van der Waals surface area (Å²) in [5.41, 5.74) is 1.09. The molecule has 0 saturated heterocycles. The number of carbonyl (C=O) groups is 1. The molecule has 318 valence electrons. The molecule has 5 nitrogen and oxygen atoms in total. The summed E-state index contributed by atoms with van der Waals surface area (Å²) in [4.78, 5) is 13.5. The fourth-order valence-corrected chi connectivity index (χ4v) is 7.28. The molecule has 0 aliphatic heterocycles. The molecule has 0 fully saturated rings. The van der Waals surface area contributed by atoms with E-state index in [1.807, 2.05) is 24.3 Å². The molecule has 0 aliphatic rings. The Morgan fingerprint density at radius 1 is 0.464 bits per heavy atom.